The first kappa shape index (κ1) is 21.4. The number of rotatable bonds is 7. The van der Waals surface area contributed by atoms with Crippen molar-refractivity contribution in [2.75, 3.05) is 51.3 Å². The van der Waals surface area contributed by atoms with Gasteiger partial charge in [-0.15, -0.1) is 0 Å². The summed E-state index contributed by atoms with van der Waals surface area (Å²) in [7, 11) is 1.65. The van der Waals surface area contributed by atoms with Crippen molar-refractivity contribution in [1.29, 1.82) is 0 Å². The van der Waals surface area contributed by atoms with E-state index in [4.69, 9.17) is 9.47 Å². The highest BCUT2D eigenvalue weighted by Crippen LogP contribution is 2.39. The van der Waals surface area contributed by atoms with Gasteiger partial charge in [-0.2, -0.15) is 0 Å². The molecule has 0 fully saturated rings. The molecule has 1 unspecified atom stereocenters. The number of benzene rings is 1. The van der Waals surface area contributed by atoms with Gasteiger partial charge in [0, 0.05) is 33.2 Å². The van der Waals surface area contributed by atoms with Crippen molar-refractivity contribution in [3.05, 3.63) is 41.5 Å². The van der Waals surface area contributed by atoms with Crippen molar-refractivity contribution in [1.82, 2.24) is 10.2 Å². The van der Waals surface area contributed by atoms with E-state index in [1.165, 1.54) is 16.0 Å². The van der Waals surface area contributed by atoms with E-state index in [-0.39, 0.29) is 31.6 Å². The number of likely N-dealkylation sites (N-methyl/N-ethyl adjacent to an activating group) is 1. The number of aliphatic hydroxyl groups is 1. The van der Waals surface area contributed by atoms with Crippen LogP contribution in [0.3, 0.4) is 0 Å². The smallest absolute Gasteiger partial charge is 0.264 e. The number of hydrogen-bond acceptors (Lipinski definition) is 6. The monoisotopic (exact) mass is 427 g/mol. The van der Waals surface area contributed by atoms with Gasteiger partial charge >= 0.3 is 0 Å². The third kappa shape index (κ3) is 5.08. The van der Waals surface area contributed by atoms with Crippen LogP contribution in [-0.4, -0.2) is 74.4 Å². The topological polar surface area (TPSA) is 91.3 Å². The zero-order valence-corrected chi connectivity index (χ0v) is 17.8. The second-order valence-corrected chi connectivity index (χ2v) is 8.15. The van der Waals surface area contributed by atoms with Crippen molar-refractivity contribution < 1.29 is 24.2 Å². The fourth-order valence-corrected chi connectivity index (χ4v) is 4.20. The van der Waals surface area contributed by atoms with Crippen LogP contribution >= 0.6 is 0 Å². The second-order valence-electron chi connectivity index (χ2n) is 8.15. The number of β-amino-alcohol motifs (C(OH)–C–C–N with tert-alkyl or cyclic N) is 1. The number of carbonyl (C=O) groups excluding carboxylic acids is 2. The van der Waals surface area contributed by atoms with Crippen molar-refractivity contribution in [2.24, 2.45) is 0 Å². The van der Waals surface area contributed by atoms with Gasteiger partial charge in [0.05, 0.1) is 6.10 Å². The highest BCUT2D eigenvalue weighted by molar-refractivity contribution is 5.99. The largest absolute Gasteiger partial charge is 0.481 e. The number of allylic oxidation sites excluding steroid dienone is 2. The lowest BCUT2D eigenvalue weighted by atomic mass is 9.92. The first-order chi connectivity index (χ1) is 15.0. The highest BCUT2D eigenvalue weighted by Gasteiger charge is 2.26. The number of aliphatic hydroxyl groups excluding tert-OH is 1. The van der Waals surface area contributed by atoms with Gasteiger partial charge in [0.2, 0.25) is 0 Å². The van der Waals surface area contributed by atoms with E-state index in [1.807, 2.05) is 0 Å². The Hall–Kier alpha value is -2.84. The number of carbonyl (C=O) groups is 2. The van der Waals surface area contributed by atoms with Crippen LogP contribution in [0.5, 0.6) is 11.5 Å². The van der Waals surface area contributed by atoms with Crippen molar-refractivity contribution in [3.8, 4) is 11.5 Å². The molecule has 2 amide bonds. The summed E-state index contributed by atoms with van der Waals surface area (Å²) in [6.07, 6.45) is 7.02. The maximum absolute atomic E-state index is 12.2. The summed E-state index contributed by atoms with van der Waals surface area (Å²) < 4.78 is 11.1. The molecule has 1 aromatic carbocycles. The van der Waals surface area contributed by atoms with Crippen LogP contribution in [0.15, 0.2) is 41.5 Å². The fourth-order valence-electron chi connectivity index (χ4n) is 4.20. The molecule has 0 aromatic heterocycles. The van der Waals surface area contributed by atoms with E-state index < -0.39 is 6.10 Å². The Morgan fingerprint density at radius 1 is 1.35 bits per heavy atom. The quantitative estimate of drug-likeness (QED) is 0.681. The maximum atomic E-state index is 12.2. The number of amides is 2. The minimum absolute atomic E-state index is 0.0162. The SMILES string of the molecule is CN1C(=O)COc2cccc(OCC(=O)NCC(O)CN3CCC4=C(CCC=C4)C3)c21. The predicted molar refractivity (Wildman–Crippen MR) is 116 cm³/mol. The molecule has 4 rings (SSSR count). The lowest BCUT2D eigenvalue weighted by molar-refractivity contribution is -0.123. The normalized spacial score (nSPS) is 19.4. The Kier molecular flexibility index (Phi) is 6.58. The molecule has 2 aliphatic heterocycles. The minimum Gasteiger partial charge on any atom is -0.481 e. The van der Waals surface area contributed by atoms with Gasteiger partial charge in [0.15, 0.2) is 13.2 Å². The molecule has 8 heteroatoms. The molecule has 2 heterocycles. The van der Waals surface area contributed by atoms with Crippen LogP contribution in [0, 0.1) is 0 Å². The Balaban J connectivity index is 1.23. The average Bonchev–Trinajstić information content (AvgIpc) is 2.78. The molecule has 0 spiro atoms. The Bertz CT molecular complexity index is 910. The van der Waals surface area contributed by atoms with Gasteiger partial charge in [-0.25, -0.2) is 0 Å². The summed E-state index contributed by atoms with van der Waals surface area (Å²) in [4.78, 5) is 27.8. The van der Waals surface area contributed by atoms with Crippen molar-refractivity contribution in [2.45, 2.75) is 25.4 Å². The van der Waals surface area contributed by atoms with Gasteiger partial charge in [0.1, 0.15) is 17.2 Å². The minimum atomic E-state index is -0.646. The predicted octanol–water partition coefficient (Wildman–Crippen LogP) is 1.25. The number of nitrogens with one attached hydrogen (secondary N) is 1. The highest BCUT2D eigenvalue weighted by atomic mass is 16.5. The van der Waals surface area contributed by atoms with E-state index in [9.17, 15) is 14.7 Å². The summed E-state index contributed by atoms with van der Waals surface area (Å²) in [6, 6.07) is 5.20. The lowest BCUT2D eigenvalue weighted by Gasteiger charge is -2.32. The summed E-state index contributed by atoms with van der Waals surface area (Å²) in [6.45, 7) is 2.28. The zero-order valence-electron chi connectivity index (χ0n) is 17.8. The first-order valence-corrected chi connectivity index (χ1v) is 10.7. The summed E-state index contributed by atoms with van der Waals surface area (Å²) >= 11 is 0. The van der Waals surface area contributed by atoms with Crippen LogP contribution in [0.1, 0.15) is 19.3 Å². The van der Waals surface area contributed by atoms with Crippen LogP contribution < -0.4 is 19.7 Å². The molecule has 1 atom stereocenters. The number of fused-ring (bicyclic) bond motifs is 1. The Morgan fingerprint density at radius 2 is 2.23 bits per heavy atom. The molecule has 0 bridgehead atoms. The molecule has 8 nitrogen and oxygen atoms in total. The van der Waals surface area contributed by atoms with Crippen LogP contribution in [0.4, 0.5) is 5.69 Å². The molecule has 0 saturated heterocycles. The number of para-hydroxylation sites is 1. The van der Waals surface area contributed by atoms with Crippen molar-refractivity contribution >= 4 is 17.5 Å². The van der Waals surface area contributed by atoms with E-state index >= 15 is 0 Å². The summed E-state index contributed by atoms with van der Waals surface area (Å²) in [5.41, 5.74) is 3.43. The number of anilines is 1. The van der Waals surface area contributed by atoms with Gasteiger partial charge in [-0.05, 0) is 37.0 Å². The number of nitrogens with zero attached hydrogens (tertiary/aromatic N) is 2. The molecule has 166 valence electrons. The third-order valence-electron chi connectivity index (χ3n) is 5.88. The Morgan fingerprint density at radius 3 is 3.10 bits per heavy atom. The molecule has 2 N–H and O–H groups in total. The molecule has 0 radical (unpaired) electrons. The molecule has 1 aromatic rings. The van der Waals surface area contributed by atoms with Crippen LogP contribution in [-0.2, 0) is 9.59 Å². The van der Waals surface area contributed by atoms with E-state index in [2.05, 4.69) is 22.4 Å². The molecular weight excluding hydrogens is 398 g/mol. The van der Waals surface area contributed by atoms with Gasteiger partial charge in [-0.3, -0.25) is 14.5 Å². The van der Waals surface area contributed by atoms with E-state index in [1.54, 1.807) is 25.2 Å². The fraction of sp³-hybridized carbons (Fsp3) is 0.478. The van der Waals surface area contributed by atoms with Gasteiger partial charge < -0.3 is 24.8 Å². The number of hydrogen-bond donors (Lipinski definition) is 2. The zero-order chi connectivity index (χ0) is 21.8. The average molecular weight is 428 g/mol. The van der Waals surface area contributed by atoms with Crippen LogP contribution in [0.2, 0.25) is 0 Å². The first-order valence-electron chi connectivity index (χ1n) is 10.7. The molecule has 0 saturated carbocycles. The lowest BCUT2D eigenvalue weighted by Crippen LogP contribution is -2.43. The molecule has 3 aliphatic rings. The Labute approximate surface area is 182 Å². The van der Waals surface area contributed by atoms with E-state index in [0.29, 0.717) is 23.7 Å². The van der Waals surface area contributed by atoms with E-state index in [0.717, 1.165) is 32.4 Å². The number of ether oxygens (including phenoxy) is 2. The second kappa shape index (κ2) is 9.53. The summed E-state index contributed by atoms with van der Waals surface area (Å²) in [5, 5.41) is 13.1. The van der Waals surface area contributed by atoms with Gasteiger partial charge in [-0.1, -0.05) is 23.8 Å². The molecular formula is C23H29N3O5. The standard InChI is InChI=1S/C23H29N3O5/c1-25-22(29)15-31-20-8-4-7-19(23(20)25)30-14-21(28)24-11-18(27)13-26-10-9-16-5-2-3-6-17(16)12-26/h2,4-5,7-8,18,27H,3,6,9-15H2,1H3,(H,24,28). The van der Waals surface area contributed by atoms with Crippen molar-refractivity contribution in [3.63, 3.8) is 0 Å². The maximum Gasteiger partial charge on any atom is 0.264 e. The molecule has 31 heavy (non-hydrogen) atoms. The molecule has 1 aliphatic carbocycles. The van der Waals surface area contributed by atoms with Gasteiger partial charge in [0.25, 0.3) is 11.8 Å². The third-order valence-corrected chi connectivity index (χ3v) is 5.88. The summed E-state index contributed by atoms with van der Waals surface area (Å²) in [5.74, 6) is 0.441. The van der Waals surface area contributed by atoms with Crippen LogP contribution in [0.25, 0.3) is 0 Å².